The van der Waals surface area contributed by atoms with Crippen molar-refractivity contribution in [2.24, 2.45) is 0 Å². The maximum Gasteiger partial charge on any atom is 0.416 e. The van der Waals surface area contributed by atoms with E-state index in [0.29, 0.717) is 43.5 Å². The second kappa shape index (κ2) is 12.7. The van der Waals surface area contributed by atoms with Crippen molar-refractivity contribution in [3.05, 3.63) is 78.1 Å². The summed E-state index contributed by atoms with van der Waals surface area (Å²) in [7, 11) is 0. The van der Waals surface area contributed by atoms with Crippen LogP contribution in [0.4, 0.5) is 16.3 Å². The lowest BCUT2D eigenvalue weighted by molar-refractivity contribution is 0.102. The molecule has 1 N–H and O–H groups in total. The Hall–Kier alpha value is -3.98. The molecule has 0 saturated carbocycles. The summed E-state index contributed by atoms with van der Waals surface area (Å²) in [5.74, 6) is 0.893. The molecule has 0 aliphatic carbocycles. The molecule has 39 heavy (non-hydrogen) atoms. The van der Waals surface area contributed by atoms with Crippen LogP contribution < -0.4 is 15.0 Å². The maximum absolute atomic E-state index is 12.8. The number of rotatable bonds is 7. The Labute approximate surface area is 229 Å². The highest BCUT2D eigenvalue weighted by molar-refractivity contribution is 6.04. The van der Waals surface area contributed by atoms with E-state index in [1.807, 2.05) is 42.5 Å². The summed E-state index contributed by atoms with van der Waals surface area (Å²) in [6.07, 6.45) is 7.85. The fourth-order valence-corrected chi connectivity index (χ4v) is 5.26. The van der Waals surface area contributed by atoms with Gasteiger partial charge in [-0.2, -0.15) is 0 Å². The molecule has 5 rings (SSSR count). The van der Waals surface area contributed by atoms with E-state index in [4.69, 9.17) is 4.74 Å². The molecule has 1 unspecified atom stereocenters. The Morgan fingerprint density at radius 1 is 0.949 bits per heavy atom. The third kappa shape index (κ3) is 6.92. The fourth-order valence-electron chi connectivity index (χ4n) is 5.26. The van der Waals surface area contributed by atoms with Crippen LogP contribution in [0.15, 0.2) is 67.0 Å². The second-order valence-electron chi connectivity index (χ2n) is 10.1. The van der Waals surface area contributed by atoms with Crippen molar-refractivity contribution in [1.29, 1.82) is 0 Å². The molecule has 2 amide bonds. The average molecular weight is 529 g/mol. The molecular formula is C30H36N6O3. The van der Waals surface area contributed by atoms with E-state index in [1.165, 1.54) is 37.4 Å². The van der Waals surface area contributed by atoms with Crippen LogP contribution in [0.1, 0.15) is 48.5 Å². The predicted octanol–water partition coefficient (Wildman–Crippen LogP) is 4.81. The molecule has 204 valence electrons. The van der Waals surface area contributed by atoms with Crippen molar-refractivity contribution < 1.29 is 14.3 Å². The van der Waals surface area contributed by atoms with E-state index >= 15 is 0 Å². The van der Waals surface area contributed by atoms with Crippen molar-refractivity contribution >= 4 is 23.5 Å². The van der Waals surface area contributed by atoms with Gasteiger partial charge in [-0.15, -0.1) is 0 Å². The molecule has 1 aromatic carbocycles. The van der Waals surface area contributed by atoms with E-state index in [2.05, 4.69) is 32.0 Å². The number of nitrogens with one attached hydrogen (secondary N) is 1. The number of carbonyl (C=O) groups excluding carboxylic acids is 2. The highest BCUT2D eigenvalue weighted by Crippen LogP contribution is 2.22. The monoisotopic (exact) mass is 528 g/mol. The molecule has 9 nitrogen and oxygen atoms in total. The van der Waals surface area contributed by atoms with Crippen LogP contribution in [0.25, 0.3) is 0 Å². The van der Waals surface area contributed by atoms with Gasteiger partial charge in [0.05, 0.1) is 11.9 Å². The van der Waals surface area contributed by atoms with Crippen LogP contribution in [0.2, 0.25) is 0 Å². The number of anilines is 2. The zero-order valence-corrected chi connectivity index (χ0v) is 22.5. The lowest BCUT2D eigenvalue weighted by Gasteiger charge is -2.35. The van der Waals surface area contributed by atoms with Gasteiger partial charge < -0.3 is 19.9 Å². The first-order valence-electron chi connectivity index (χ1n) is 13.8. The molecule has 2 aromatic heterocycles. The molecule has 2 aliphatic rings. The van der Waals surface area contributed by atoms with Crippen molar-refractivity contribution in [2.75, 3.05) is 42.9 Å². The number of carbonyl (C=O) groups is 2. The van der Waals surface area contributed by atoms with Crippen molar-refractivity contribution in [2.45, 2.75) is 45.2 Å². The average Bonchev–Trinajstić information content (AvgIpc) is 2.99. The highest BCUT2D eigenvalue weighted by Gasteiger charge is 2.24. The van der Waals surface area contributed by atoms with Gasteiger partial charge >= 0.3 is 6.09 Å². The Kier molecular flexibility index (Phi) is 8.68. The second-order valence-corrected chi connectivity index (χ2v) is 10.1. The Balaban J connectivity index is 1.09. The van der Waals surface area contributed by atoms with Crippen LogP contribution in [0.5, 0.6) is 5.88 Å². The maximum atomic E-state index is 12.8. The van der Waals surface area contributed by atoms with E-state index in [9.17, 15) is 9.59 Å². The van der Waals surface area contributed by atoms with Crippen LogP contribution in [-0.4, -0.2) is 70.5 Å². The zero-order chi connectivity index (χ0) is 27.0. The Morgan fingerprint density at radius 3 is 2.46 bits per heavy atom. The SMILES string of the molecule is CCC1CCCCN1Cc1ccc(C(=O)Nc2ccc(OC(=O)N3CCN(c4ccccn4)CC3)nc2)cc1. The normalized spacial score (nSPS) is 18.0. The van der Waals surface area contributed by atoms with Crippen molar-refractivity contribution in [1.82, 2.24) is 19.8 Å². The largest absolute Gasteiger partial charge is 0.416 e. The number of piperidine rings is 1. The lowest BCUT2D eigenvalue weighted by Crippen LogP contribution is -2.49. The van der Waals surface area contributed by atoms with Gasteiger partial charge in [-0.05, 0) is 61.7 Å². The van der Waals surface area contributed by atoms with E-state index < -0.39 is 6.09 Å². The van der Waals surface area contributed by atoms with Gasteiger partial charge in [-0.3, -0.25) is 9.69 Å². The number of hydrogen-bond donors (Lipinski definition) is 1. The molecule has 9 heteroatoms. The molecule has 2 fully saturated rings. The minimum atomic E-state index is -0.435. The number of piperazine rings is 1. The summed E-state index contributed by atoms with van der Waals surface area (Å²) in [5.41, 5.74) is 2.34. The standard InChI is InChI=1S/C30H36N6O3/c1-2-26-7-4-6-16-36(26)22-23-9-11-24(12-10-23)29(37)33-25-13-14-28(32-21-25)39-30(38)35-19-17-34(18-20-35)27-8-3-5-15-31-27/h3,5,8-15,21,26H,2,4,6-7,16-20,22H2,1H3,(H,33,37). The van der Waals surface area contributed by atoms with Gasteiger partial charge in [0.2, 0.25) is 5.88 Å². The number of benzene rings is 1. The summed E-state index contributed by atoms with van der Waals surface area (Å²) in [4.78, 5) is 40.3. The van der Waals surface area contributed by atoms with Gasteiger partial charge in [-0.25, -0.2) is 14.8 Å². The lowest BCUT2D eigenvalue weighted by atomic mass is 9.99. The summed E-state index contributed by atoms with van der Waals surface area (Å²) >= 11 is 0. The van der Waals surface area contributed by atoms with Crippen LogP contribution in [0, 0.1) is 0 Å². The number of nitrogens with zero attached hydrogens (tertiary/aromatic N) is 5. The summed E-state index contributed by atoms with van der Waals surface area (Å²) in [5, 5.41) is 2.87. The Morgan fingerprint density at radius 2 is 1.77 bits per heavy atom. The van der Waals surface area contributed by atoms with Gasteiger partial charge in [-0.1, -0.05) is 31.5 Å². The molecular weight excluding hydrogens is 492 g/mol. The van der Waals surface area contributed by atoms with Crippen LogP contribution >= 0.6 is 0 Å². The smallest absolute Gasteiger partial charge is 0.391 e. The zero-order valence-electron chi connectivity index (χ0n) is 22.5. The first-order valence-corrected chi connectivity index (χ1v) is 13.8. The third-order valence-electron chi connectivity index (χ3n) is 7.52. The van der Waals surface area contributed by atoms with Gasteiger partial charge in [0.15, 0.2) is 0 Å². The predicted molar refractivity (Wildman–Crippen MR) is 151 cm³/mol. The van der Waals surface area contributed by atoms with Crippen LogP contribution in [0.3, 0.4) is 0 Å². The number of aromatic nitrogens is 2. The van der Waals surface area contributed by atoms with Crippen LogP contribution in [-0.2, 0) is 6.54 Å². The minimum absolute atomic E-state index is 0.192. The number of likely N-dealkylation sites (tertiary alicyclic amines) is 1. The number of hydrogen-bond acceptors (Lipinski definition) is 7. The quantitative estimate of drug-likeness (QED) is 0.470. The van der Waals surface area contributed by atoms with E-state index in [-0.39, 0.29) is 11.8 Å². The molecule has 3 aromatic rings. The molecule has 4 heterocycles. The molecule has 0 bridgehead atoms. The third-order valence-corrected chi connectivity index (χ3v) is 7.52. The van der Waals surface area contributed by atoms with Gasteiger partial charge in [0.1, 0.15) is 5.82 Å². The summed E-state index contributed by atoms with van der Waals surface area (Å²) < 4.78 is 5.46. The molecule has 2 saturated heterocycles. The fraction of sp³-hybridized carbons (Fsp3) is 0.400. The van der Waals surface area contributed by atoms with Crippen molar-refractivity contribution in [3.8, 4) is 5.88 Å². The summed E-state index contributed by atoms with van der Waals surface area (Å²) in [6, 6.07) is 17.5. The molecule has 0 spiro atoms. The first kappa shape index (κ1) is 26.6. The van der Waals surface area contributed by atoms with Gasteiger partial charge in [0.25, 0.3) is 5.91 Å². The van der Waals surface area contributed by atoms with Crippen molar-refractivity contribution in [3.63, 3.8) is 0 Å². The van der Waals surface area contributed by atoms with E-state index in [1.54, 1.807) is 23.2 Å². The topological polar surface area (TPSA) is 90.9 Å². The number of ether oxygens (including phenoxy) is 1. The minimum Gasteiger partial charge on any atom is -0.391 e. The van der Waals surface area contributed by atoms with E-state index in [0.717, 1.165) is 18.9 Å². The van der Waals surface area contributed by atoms with Gasteiger partial charge in [0, 0.05) is 56.6 Å². The summed E-state index contributed by atoms with van der Waals surface area (Å²) in [6.45, 7) is 6.77. The number of pyridine rings is 2. The highest BCUT2D eigenvalue weighted by atomic mass is 16.6. The molecule has 1 atom stereocenters. The Bertz CT molecular complexity index is 1230. The molecule has 2 aliphatic heterocycles. The molecule has 0 radical (unpaired) electrons. The first-order chi connectivity index (χ1) is 19.1. The number of amides is 2.